The van der Waals surface area contributed by atoms with Crippen LogP contribution in [-0.2, 0) is 11.3 Å². The molecule has 2 aliphatic rings. The van der Waals surface area contributed by atoms with E-state index < -0.39 is 12.5 Å². The summed E-state index contributed by atoms with van der Waals surface area (Å²) in [6.45, 7) is 2.33. The number of cyclic esters (lactones) is 1. The highest BCUT2D eigenvalue weighted by atomic mass is 19.3. The highest BCUT2D eigenvalue weighted by Gasteiger charge is 2.57. The van der Waals surface area contributed by atoms with E-state index in [2.05, 4.69) is 30.9 Å². The number of nitrogens with zero attached hydrogens (tertiary/aromatic N) is 5. The Labute approximate surface area is 175 Å². The Hall–Kier alpha value is -3.63. The molecule has 1 saturated heterocycles. The van der Waals surface area contributed by atoms with Crippen LogP contribution < -0.4 is 10.6 Å². The van der Waals surface area contributed by atoms with Gasteiger partial charge in [-0.25, -0.2) is 28.2 Å². The number of aromatic nitrogens is 5. The number of carbonyl (C=O) groups is 1. The first kappa shape index (κ1) is 19.3. The molecule has 1 amide bonds. The van der Waals surface area contributed by atoms with Crippen molar-refractivity contribution in [3.63, 3.8) is 0 Å². The van der Waals surface area contributed by atoms with Crippen LogP contribution in [0.3, 0.4) is 0 Å². The van der Waals surface area contributed by atoms with Crippen LogP contribution in [0, 0.1) is 6.92 Å². The number of amides is 1. The molecule has 1 aliphatic heterocycles. The van der Waals surface area contributed by atoms with E-state index in [1.807, 2.05) is 25.1 Å². The third-order valence-electron chi connectivity index (χ3n) is 5.43. The van der Waals surface area contributed by atoms with Gasteiger partial charge in [-0.15, -0.1) is 5.10 Å². The number of ether oxygens (including phenoxy) is 1. The maximum Gasteiger partial charge on any atom is 0.408 e. The fourth-order valence-corrected chi connectivity index (χ4v) is 3.73. The average Bonchev–Trinajstić information content (AvgIpc) is 3.22. The third-order valence-corrected chi connectivity index (χ3v) is 5.43. The van der Waals surface area contributed by atoms with Crippen LogP contribution in [0.4, 0.5) is 25.2 Å². The molecule has 9 nitrogen and oxygen atoms in total. The Morgan fingerprint density at radius 3 is 2.97 bits per heavy atom. The summed E-state index contributed by atoms with van der Waals surface area (Å²) in [7, 11) is 0. The Balaban J connectivity index is 1.35. The van der Waals surface area contributed by atoms with E-state index >= 15 is 0 Å². The zero-order valence-electron chi connectivity index (χ0n) is 16.5. The van der Waals surface area contributed by atoms with Crippen molar-refractivity contribution in [3.05, 3.63) is 47.9 Å². The fourth-order valence-electron chi connectivity index (χ4n) is 3.73. The second kappa shape index (κ2) is 7.25. The number of hydrogen-bond donors (Lipinski definition) is 2. The molecular formula is C20H19F2N7O2. The van der Waals surface area contributed by atoms with Crippen molar-refractivity contribution in [3.8, 4) is 11.3 Å². The van der Waals surface area contributed by atoms with Crippen LogP contribution in [-0.4, -0.2) is 42.7 Å². The molecule has 1 spiro atoms. The number of aryl methyl sites for hydroxylation is 1. The zero-order chi connectivity index (χ0) is 21.6. The highest BCUT2D eigenvalue weighted by molar-refractivity contribution is 5.72. The molecule has 0 bridgehead atoms. The third kappa shape index (κ3) is 3.90. The molecule has 0 unspecified atom stereocenters. The standard InChI is InChI=1S/C20H19F2N7O2/c1-11-6-12(8-13(7-11)24-18-23-5-2-14(25-18)17(21)22)15-9-29(28-27-15)10-16-20(3-4-20)26-19(30)31-16/h2,5-9,16-17H,3-4,10H2,1H3,(H,26,30)(H,23,24,25)/t16-/m0/s1. The SMILES string of the molecule is Cc1cc(Nc2nccc(C(F)F)n2)cc(-c2cn(C[C@@H]3OC(=O)NC34CC4)nn2)c1. The quantitative estimate of drug-likeness (QED) is 0.621. The van der Waals surface area contributed by atoms with Gasteiger partial charge in [-0.05, 0) is 49.6 Å². The predicted octanol–water partition coefficient (Wildman–Crippen LogP) is 3.37. The van der Waals surface area contributed by atoms with Crippen molar-refractivity contribution in [1.29, 1.82) is 0 Å². The summed E-state index contributed by atoms with van der Waals surface area (Å²) in [5.41, 5.74) is 2.39. The lowest BCUT2D eigenvalue weighted by Crippen LogP contribution is -2.36. The Morgan fingerprint density at radius 1 is 1.35 bits per heavy atom. The maximum atomic E-state index is 12.9. The van der Waals surface area contributed by atoms with Gasteiger partial charge in [0.05, 0.1) is 18.3 Å². The molecule has 1 saturated carbocycles. The second-order valence-electron chi connectivity index (χ2n) is 7.82. The number of alkyl halides is 2. The number of alkyl carbamates (subject to hydrolysis) is 1. The van der Waals surface area contributed by atoms with Crippen LogP contribution in [0.2, 0.25) is 0 Å². The van der Waals surface area contributed by atoms with Gasteiger partial charge in [-0.3, -0.25) is 0 Å². The molecule has 2 aromatic heterocycles. The largest absolute Gasteiger partial charge is 0.442 e. The number of rotatable bonds is 6. The van der Waals surface area contributed by atoms with Crippen molar-refractivity contribution in [2.75, 3.05) is 5.32 Å². The van der Waals surface area contributed by atoms with Crippen molar-refractivity contribution >= 4 is 17.7 Å². The monoisotopic (exact) mass is 427 g/mol. The van der Waals surface area contributed by atoms with E-state index in [1.165, 1.54) is 12.3 Å². The summed E-state index contributed by atoms with van der Waals surface area (Å²) in [4.78, 5) is 19.4. The lowest BCUT2D eigenvalue weighted by atomic mass is 10.1. The van der Waals surface area contributed by atoms with Crippen molar-refractivity contribution in [2.45, 2.75) is 44.4 Å². The lowest BCUT2D eigenvalue weighted by molar-refractivity contribution is 0.113. The first-order chi connectivity index (χ1) is 14.9. The molecule has 3 heterocycles. The Kier molecular flexibility index (Phi) is 4.53. The maximum absolute atomic E-state index is 12.9. The van der Waals surface area contributed by atoms with E-state index in [-0.39, 0.29) is 23.3 Å². The molecule has 1 aliphatic carbocycles. The van der Waals surface area contributed by atoms with Crippen LogP contribution in [0.1, 0.15) is 30.5 Å². The van der Waals surface area contributed by atoms with Crippen LogP contribution >= 0.6 is 0 Å². The van der Waals surface area contributed by atoms with E-state index in [0.717, 1.165) is 24.0 Å². The summed E-state index contributed by atoms with van der Waals surface area (Å²) < 4.78 is 32.8. The fraction of sp³-hybridized carbons (Fsp3) is 0.350. The van der Waals surface area contributed by atoms with Crippen LogP contribution in [0.25, 0.3) is 11.3 Å². The predicted molar refractivity (Wildman–Crippen MR) is 106 cm³/mol. The smallest absolute Gasteiger partial charge is 0.408 e. The number of anilines is 2. The molecule has 31 heavy (non-hydrogen) atoms. The summed E-state index contributed by atoms with van der Waals surface area (Å²) in [6.07, 6.45) is 1.53. The molecular weight excluding hydrogens is 408 g/mol. The molecule has 11 heteroatoms. The molecule has 3 aromatic rings. The summed E-state index contributed by atoms with van der Waals surface area (Å²) in [5.74, 6) is 0.0864. The van der Waals surface area contributed by atoms with Gasteiger partial charge < -0.3 is 15.4 Å². The van der Waals surface area contributed by atoms with Gasteiger partial charge in [0.2, 0.25) is 5.95 Å². The number of hydrogen-bond acceptors (Lipinski definition) is 7. The summed E-state index contributed by atoms with van der Waals surface area (Å²) in [6, 6.07) is 6.79. The molecule has 0 radical (unpaired) electrons. The van der Waals surface area contributed by atoms with Gasteiger partial charge in [0.1, 0.15) is 17.5 Å². The van der Waals surface area contributed by atoms with Gasteiger partial charge in [0.15, 0.2) is 0 Å². The van der Waals surface area contributed by atoms with Gasteiger partial charge in [0, 0.05) is 17.4 Å². The Morgan fingerprint density at radius 2 is 2.19 bits per heavy atom. The summed E-state index contributed by atoms with van der Waals surface area (Å²) in [5, 5.41) is 14.2. The normalized spacial score (nSPS) is 18.8. The first-order valence-electron chi connectivity index (χ1n) is 9.79. The second-order valence-corrected chi connectivity index (χ2v) is 7.82. The number of halogens is 2. The van der Waals surface area contributed by atoms with Gasteiger partial charge in [-0.2, -0.15) is 0 Å². The molecule has 5 rings (SSSR count). The molecule has 160 valence electrons. The first-order valence-corrected chi connectivity index (χ1v) is 9.79. The topological polar surface area (TPSA) is 107 Å². The zero-order valence-corrected chi connectivity index (χ0v) is 16.5. The van der Waals surface area contributed by atoms with Crippen molar-refractivity contribution < 1.29 is 18.3 Å². The minimum atomic E-state index is -2.67. The van der Waals surface area contributed by atoms with Crippen molar-refractivity contribution in [2.24, 2.45) is 0 Å². The van der Waals surface area contributed by atoms with Crippen LogP contribution in [0.15, 0.2) is 36.7 Å². The molecule has 2 N–H and O–H groups in total. The Bertz CT molecular complexity index is 1150. The van der Waals surface area contributed by atoms with E-state index in [9.17, 15) is 13.6 Å². The number of nitrogens with one attached hydrogen (secondary N) is 2. The van der Waals surface area contributed by atoms with Crippen molar-refractivity contribution in [1.82, 2.24) is 30.3 Å². The number of benzene rings is 1. The van der Waals surface area contributed by atoms with E-state index in [4.69, 9.17) is 4.74 Å². The van der Waals surface area contributed by atoms with Gasteiger partial charge in [0.25, 0.3) is 6.43 Å². The molecule has 1 aromatic carbocycles. The number of carbonyl (C=O) groups excluding carboxylic acids is 1. The molecule has 1 atom stereocenters. The van der Waals surface area contributed by atoms with E-state index in [1.54, 1.807) is 10.9 Å². The van der Waals surface area contributed by atoms with Crippen LogP contribution in [0.5, 0.6) is 0 Å². The van der Waals surface area contributed by atoms with E-state index in [0.29, 0.717) is 17.9 Å². The molecule has 2 fully saturated rings. The average molecular weight is 427 g/mol. The minimum absolute atomic E-state index is 0.0864. The minimum Gasteiger partial charge on any atom is -0.442 e. The van der Waals surface area contributed by atoms with Gasteiger partial charge >= 0.3 is 6.09 Å². The lowest BCUT2D eigenvalue weighted by Gasteiger charge is -2.14. The summed E-state index contributed by atoms with van der Waals surface area (Å²) >= 11 is 0. The highest BCUT2D eigenvalue weighted by Crippen LogP contribution is 2.44. The van der Waals surface area contributed by atoms with Gasteiger partial charge in [-0.1, -0.05) is 5.21 Å².